The van der Waals surface area contributed by atoms with Crippen molar-refractivity contribution in [2.45, 2.75) is 60.8 Å². The fourth-order valence-electron chi connectivity index (χ4n) is 3.28. The standard InChI is InChI=1S/C14H28/c1-7-11(3)14(6)9-8-10(2)12(4)13(14)5/h10-13H,7-9H2,1-6H3. The van der Waals surface area contributed by atoms with Gasteiger partial charge in [0.05, 0.1) is 0 Å². The molecule has 0 aromatic carbocycles. The van der Waals surface area contributed by atoms with Gasteiger partial charge in [0, 0.05) is 0 Å². The SMILES string of the molecule is CCC(C)C1(C)CCC(C)C(C)C1C. The molecule has 1 aliphatic rings. The van der Waals surface area contributed by atoms with E-state index in [2.05, 4.69) is 41.5 Å². The molecule has 1 aliphatic carbocycles. The van der Waals surface area contributed by atoms with Gasteiger partial charge >= 0.3 is 0 Å². The highest BCUT2D eigenvalue weighted by atomic mass is 14.5. The summed E-state index contributed by atoms with van der Waals surface area (Å²) in [5.41, 5.74) is 0.598. The van der Waals surface area contributed by atoms with Gasteiger partial charge in [-0.15, -0.1) is 0 Å². The van der Waals surface area contributed by atoms with Crippen molar-refractivity contribution in [2.24, 2.45) is 29.1 Å². The average Bonchev–Trinajstić information content (AvgIpc) is 2.19. The monoisotopic (exact) mass is 196 g/mol. The van der Waals surface area contributed by atoms with Crippen LogP contribution in [0.25, 0.3) is 0 Å². The van der Waals surface area contributed by atoms with Crippen molar-refractivity contribution in [1.29, 1.82) is 0 Å². The summed E-state index contributed by atoms with van der Waals surface area (Å²) in [4.78, 5) is 0. The minimum absolute atomic E-state index is 0.598. The summed E-state index contributed by atoms with van der Waals surface area (Å²) >= 11 is 0. The number of hydrogen-bond acceptors (Lipinski definition) is 0. The van der Waals surface area contributed by atoms with Crippen molar-refractivity contribution < 1.29 is 0 Å². The second kappa shape index (κ2) is 4.24. The largest absolute Gasteiger partial charge is 0.0651 e. The molecule has 5 unspecified atom stereocenters. The van der Waals surface area contributed by atoms with E-state index < -0.39 is 0 Å². The highest BCUT2D eigenvalue weighted by molar-refractivity contribution is 4.92. The molecule has 0 amide bonds. The molecule has 0 spiro atoms. The zero-order valence-electron chi connectivity index (χ0n) is 10.9. The van der Waals surface area contributed by atoms with E-state index >= 15 is 0 Å². The topological polar surface area (TPSA) is 0 Å². The van der Waals surface area contributed by atoms with Crippen LogP contribution in [-0.4, -0.2) is 0 Å². The molecular formula is C14H28. The second-order valence-electron chi connectivity index (χ2n) is 5.98. The van der Waals surface area contributed by atoms with Crippen molar-refractivity contribution in [3.8, 4) is 0 Å². The van der Waals surface area contributed by atoms with Crippen molar-refractivity contribution in [2.75, 3.05) is 0 Å². The Labute approximate surface area is 90.5 Å². The fourth-order valence-corrected chi connectivity index (χ4v) is 3.28. The van der Waals surface area contributed by atoms with Gasteiger partial charge in [-0.3, -0.25) is 0 Å². The van der Waals surface area contributed by atoms with Gasteiger partial charge in [0.1, 0.15) is 0 Å². The van der Waals surface area contributed by atoms with Crippen LogP contribution >= 0.6 is 0 Å². The molecule has 0 heteroatoms. The summed E-state index contributed by atoms with van der Waals surface area (Å²) in [6, 6.07) is 0. The third-order valence-electron chi connectivity index (χ3n) is 5.60. The molecule has 0 heterocycles. The Bertz CT molecular complexity index is 184. The van der Waals surface area contributed by atoms with Gasteiger partial charge in [0.15, 0.2) is 0 Å². The van der Waals surface area contributed by atoms with Gasteiger partial charge in [-0.1, -0.05) is 48.0 Å². The van der Waals surface area contributed by atoms with E-state index in [1.807, 2.05) is 0 Å². The maximum absolute atomic E-state index is 2.52. The van der Waals surface area contributed by atoms with Crippen molar-refractivity contribution in [3.63, 3.8) is 0 Å². The fraction of sp³-hybridized carbons (Fsp3) is 1.00. The molecule has 84 valence electrons. The third kappa shape index (κ3) is 1.85. The van der Waals surface area contributed by atoms with Crippen molar-refractivity contribution in [1.82, 2.24) is 0 Å². The summed E-state index contributed by atoms with van der Waals surface area (Å²) in [5.74, 6) is 3.61. The minimum atomic E-state index is 0.598. The van der Waals surface area contributed by atoms with E-state index in [0.29, 0.717) is 5.41 Å². The Kier molecular flexibility index (Phi) is 3.66. The van der Waals surface area contributed by atoms with Crippen LogP contribution < -0.4 is 0 Å². The first-order valence-electron chi connectivity index (χ1n) is 6.43. The molecule has 0 aliphatic heterocycles. The lowest BCUT2D eigenvalue weighted by Crippen LogP contribution is -2.42. The molecule has 0 aromatic rings. The molecule has 0 aromatic heterocycles. The van der Waals surface area contributed by atoms with Crippen LogP contribution in [0.1, 0.15) is 60.8 Å². The quantitative estimate of drug-likeness (QED) is 0.598. The molecule has 0 nitrogen and oxygen atoms in total. The van der Waals surface area contributed by atoms with Crippen LogP contribution in [0.5, 0.6) is 0 Å². The van der Waals surface area contributed by atoms with Gasteiger partial charge in [0.25, 0.3) is 0 Å². The molecule has 1 fully saturated rings. The Hall–Kier alpha value is 0. The van der Waals surface area contributed by atoms with Gasteiger partial charge in [0.2, 0.25) is 0 Å². The van der Waals surface area contributed by atoms with Gasteiger partial charge in [-0.2, -0.15) is 0 Å². The van der Waals surface area contributed by atoms with Crippen LogP contribution in [0.3, 0.4) is 0 Å². The zero-order chi connectivity index (χ0) is 10.9. The first-order valence-corrected chi connectivity index (χ1v) is 6.43. The highest BCUT2D eigenvalue weighted by Gasteiger charge is 2.43. The first-order chi connectivity index (χ1) is 6.43. The van der Waals surface area contributed by atoms with E-state index in [0.717, 1.165) is 23.7 Å². The molecule has 0 saturated heterocycles. The highest BCUT2D eigenvalue weighted by Crippen LogP contribution is 2.51. The third-order valence-corrected chi connectivity index (χ3v) is 5.60. The van der Waals surface area contributed by atoms with Gasteiger partial charge in [-0.05, 0) is 41.9 Å². The summed E-state index contributed by atoms with van der Waals surface area (Å²) in [5, 5.41) is 0. The normalized spacial score (nSPS) is 46.3. The number of hydrogen-bond donors (Lipinski definition) is 0. The Morgan fingerprint density at radius 1 is 1.29 bits per heavy atom. The van der Waals surface area contributed by atoms with E-state index in [1.165, 1.54) is 19.3 Å². The predicted octanol–water partition coefficient (Wildman–Crippen LogP) is 4.74. The summed E-state index contributed by atoms with van der Waals surface area (Å²) in [6.45, 7) is 14.7. The van der Waals surface area contributed by atoms with Crippen LogP contribution in [0, 0.1) is 29.1 Å². The minimum Gasteiger partial charge on any atom is -0.0651 e. The first kappa shape index (κ1) is 12.1. The van der Waals surface area contributed by atoms with Crippen LogP contribution in [0.15, 0.2) is 0 Å². The van der Waals surface area contributed by atoms with E-state index in [4.69, 9.17) is 0 Å². The molecule has 0 radical (unpaired) electrons. The lowest BCUT2D eigenvalue weighted by Gasteiger charge is -2.50. The molecule has 0 bridgehead atoms. The molecule has 1 rings (SSSR count). The van der Waals surface area contributed by atoms with E-state index in [-0.39, 0.29) is 0 Å². The summed E-state index contributed by atoms with van der Waals surface area (Å²) in [7, 11) is 0. The van der Waals surface area contributed by atoms with Crippen molar-refractivity contribution in [3.05, 3.63) is 0 Å². The lowest BCUT2D eigenvalue weighted by atomic mass is 9.56. The van der Waals surface area contributed by atoms with Crippen LogP contribution in [-0.2, 0) is 0 Å². The average molecular weight is 196 g/mol. The zero-order valence-corrected chi connectivity index (χ0v) is 10.9. The number of rotatable bonds is 2. The Morgan fingerprint density at radius 2 is 1.86 bits per heavy atom. The maximum atomic E-state index is 2.52. The van der Waals surface area contributed by atoms with E-state index in [9.17, 15) is 0 Å². The Morgan fingerprint density at radius 3 is 2.36 bits per heavy atom. The molecule has 1 saturated carbocycles. The predicted molar refractivity (Wildman–Crippen MR) is 64.3 cm³/mol. The summed E-state index contributed by atoms with van der Waals surface area (Å²) in [6.07, 6.45) is 4.21. The van der Waals surface area contributed by atoms with E-state index in [1.54, 1.807) is 0 Å². The van der Waals surface area contributed by atoms with Gasteiger partial charge < -0.3 is 0 Å². The molecule has 0 N–H and O–H groups in total. The molecule has 14 heavy (non-hydrogen) atoms. The Balaban J connectivity index is 2.79. The lowest BCUT2D eigenvalue weighted by molar-refractivity contribution is -0.00287. The maximum Gasteiger partial charge on any atom is -0.0272 e. The van der Waals surface area contributed by atoms with Gasteiger partial charge in [-0.25, -0.2) is 0 Å². The summed E-state index contributed by atoms with van der Waals surface area (Å²) < 4.78 is 0. The van der Waals surface area contributed by atoms with Crippen molar-refractivity contribution >= 4 is 0 Å². The van der Waals surface area contributed by atoms with Crippen LogP contribution in [0.2, 0.25) is 0 Å². The second-order valence-corrected chi connectivity index (χ2v) is 5.98. The molecular weight excluding hydrogens is 168 g/mol. The molecule has 5 atom stereocenters. The smallest absolute Gasteiger partial charge is 0.0272 e. The van der Waals surface area contributed by atoms with Crippen LogP contribution in [0.4, 0.5) is 0 Å².